The summed E-state index contributed by atoms with van der Waals surface area (Å²) in [7, 11) is 1.52. The Labute approximate surface area is 129 Å². The number of amides is 1. The molecule has 0 spiro atoms. The number of likely N-dealkylation sites (N-methyl/N-ethyl adjacent to an activating group) is 1. The van der Waals surface area contributed by atoms with E-state index in [-0.39, 0.29) is 24.3 Å². The highest BCUT2D eigenvalue weighted by molar-refractivity contribution is 5.85. The van der Waals surface area contributed by atoms with E-state index in [4.69, 9.17) is 5.11 Å². The Hall–Kier alpha value is -1.95. The van der Waals surface area contributed by atoms with Crippen LogP contribution >= 0.6 is 0 Å². The molecular weight excluding hydrogens is 287 g/mol. The van der Waals surface area contributed by atoms with Gasteiger partial charge in [0.25, 0.3) is 0 Å². The number of aliphatic carboxylic acids is 1. The van der Waals surface area contributed by atoms with Gasteiger partial charge in [0, 0.05) is 13.6 Å². The third kappa shape index (κ3) is 4.27. The van der Waals surface area contributed by atoms with E-state index in [2.05, 4.69) is 4.90 Å². The van der Waals surface area contributed by atoms with Crippen LogP contribution in [0.3, 0.4) is 0 Å². The molecule has 1 unspecified atom stereocenters. The quantitative estimate of drug-likeness (QED) is 0.900. The van der Waals surface area contributed by atoms with Crippen LogP contribution in [0.2, 0.25) is 0 Å². The number of rotatable bonds is 5. The number of nitrogens with zero attached hydrogens (tertiary/aromatic N) is 2. The lowest BCUT2D eigenvalue weighted by Gasteiger charge is -2.36. The zero-order chi connectivity index (χ0) is 16.1. The minimum Gasteiger partial charge on any atom is -0.480 e. The highest BCUT2D eigenvalue weighted by Crippen LogP contribution is 2.21. The molecule has 1 atom stereocenters. The summed E-state index contributed by atoms with van der Waals surface area (Å²) in [5.41, 5.74) is 0.946. The van der Waals surface area contributed by atoms with Crippen molar-refractivity contribution in [1.29, 1.82) is 0 Å². The number of carbonyl (C=O) groups is 2. The molecule has 0 aromatic heterocycles. The second-order valence-electron chi connectivity index (χ2n) is 5.70. The van der Waals surface area contributed by atoms with Crippen LogP contribution in [0.4, 0.5) is 4.39 Å². The van der Waals surface area contributed by atoms with Gasteiger partial charge in [-0.25, -0.2) is 4.39 Å². The van der Waals surface area contributed by atoms with Crippen LogP contribution < -0.4 is 0 Å². The van der Waals surface area contributed by atoms with E-state index in [0.717, 1.165) is 31.4 Å². The first kappa shape index (κ1) is 16.4. The summed E-state index contributed by atoms with van der Waals surface area (Å²) < 4.78 is 13.0. The van der Waals surface area contributed by atoms with Crippen LogP contribution in [0.5, 0.6) is 0 Å². The molecule has 22 heavy (non-hydrogen) atoms. The van der Waals surface area contributed by atoms with Gasteiger partial charge in [-0.1, -0.05) is 18.6 Å². The van der Waals surface area contributed by atoms with E-state index in [1.807, 2.05) is 0 Å². The van der Waals surface area contributed by atoms with Crippen molar-refractivity contribution < 1.29 is 19.1 Å². The first-order valence-electron chi connectivity index (χ1n) is 7.42. The van der Waals surface area contributed by atoms with Crippen molar-refractivity contribution in [2.24, 2.45) is 0 Å². The van der Waals surface area contributed by atoms with Crippen LogP contribution in [-0.2, 0) is 16.1 Å². The summed E-state index contributed by atoms with van der Waals surface area (Å²) in [6, 6.07) is 5.95. The molecule has 6 heteroatoms. The topological polar surface area (TPSA) is 60.9 Å². The fraction of sp³-hybridized carbons (Fsp3) is 0.500. The molecule has 1 aliphatic heterocycles. The summed E-state index contributed by atoms with van der Waals surface area (Å²) in [6.07, 6.45) is 2.69. The molecular formula is C16H21FN2O3. The third-order valence-electron chi connectivity index (χ3n) is 3.95. The molecule has 0 aliphatic carbocycles. The Balaban J connectivity index is 2.05. The van der Waals surface area contributed by atoms with E-state index in [9.17, 15) is 14.0 Å². The minimum atomic E-state index is -1.02. The number of likely N-dealkylation sites (tertiary alicyclic amines) is 1. The van der Waals surface area contributed by atoms with Gasteiger partial charge in [-0.05, 0) is 37.1 Å². The Morgan fingerprint density at radius 3 is 2.64 bits per heavy atom. The summed E-state index contributed by atoms with van der Waals surface area (Å²) in [6.45, 7) is 1.06. The van der Waals surface area contributed by atoms with E-state index in [1.54, 1.807) is 12.1 Å². The average Bonchev–Trinajstić information content (AvgIpc) is 2.49. The molecule has 1 saturated heterocycles. The number of carboxylic acids is 1. The van der Waals surface area contributed by atoms with E-state index in [1.165, 1.54) is 24.1 Å². The lowest BCUT2D eigenvalue weighted by molar-refractivity contribution is -0.146. The molecule has 1 aromatic rings. The Morgan fingerprint density at radius 2 is 2.00 bits per heavy atom. The van der Waals surface area contributed by atoms with Gasteiger partial charge in [0.1, 0.15) is 12.4 Å². The number of benzene rings is 1. The maximum atomic E-state index is 13.0. The van der Waals surface area contributed by atoms with Gasteiger partial charge in [-0.3, -0.25) is 14.5 Å². The van der Waals surface area contributed by atoms with Crippen LogP contribution in [0, 0.1) is 5.82 Å². The second-order valence-corrected chi connectivity index (χ2v) is 5.70. The number of hydrogen-bond acceptors (Lipinski definition) is 3. The van der Waals surface area contributed by atoms with E-state index in [0.29, 0.717) is 6.54 Å². The van der Waals surface area contributed by atoms with Crippen molar-refractivity contribution in [3.63, 3.8) is 0 Å². The molecule has 1 fully saturated rings. The van der Waals surface area contributed by atoms with E-state index >= 15 is 0 Å². The predicted octanol–water partition coefficient (Wildman–Crippen LogP) is 1.72. The predicted molar refractivity (Wildman–Crippen MR) is 79.7 cm³/mol. The summed E-state index contributed by atoms with van der Waals surface area (Å²) in [5.74, 6) is -1.46. The normalized spacial score (nSPS) is 18.9. The van der Waals surface area contributed by atoms with Crippen LogP contribution in [-0.4, -0.2) is 53.0 Å². The van der Waals surface area contributed by atoms with Gasteiger partial charge in [-0.2, -0.15) is 0 Å². The SMILES string of the molecule is CN(CC(=O)O)C(=O)C1CCCCN1Cc1ccc(F)cc1. The zero-order valence-corrected chi connectivity index (χ0v) is 12.7. The number of piperidine rings is 1. The molecule has 1 aromatic carbocycles. The highest BCUT2D eigenvalue weighted by Gasteiger charge is 2.31. The summed E-state index contributed by atoms with van der Waals surface area (Å²) in [5, 5.41) is 8.82. The Bertz CT molecular complexity index is 533. The zero-order valence-electron chi connectivity index (χ0n) is 12.7. The van der Waals surface area contributed by atoms with Crippen molar-refractivity contribution in [3.05, 3.63) is 35.6 Å². The molecule has 120 valence electrons. The lowest BCUT2D eigenvalue weighted by Crippen LogP contribution is -2.50. The van der Waals surface area contributed by atoms with Crippen LogP contribution in [0.25, 0.3) is 0 Å². The van der Waals surface area contributed by atoms with Gasteiger partial charge in [0.2, 0.25) is 5.91 Å². The molecule has 2 rings (SSSR count). The van der Waals surface area contributed by atoms with Crippen LogP contribution in [0.15, 0.2) is 24.3 Å². The monoisotopic (exact) mass is 308 g/mol. The lowest BCUT2D eigenvalue weighted by atomic mass is 10.00. The van der Waals surface area contributed by atoms with Crippen molar-refractivity contribution >= 4 is 11.9 Å². The smallest absolute Gasteiger partial charge is 0.323 e. The standard InChI is InChI=1S/C16H21FN2O3/c1-18(11-15(20)21)16(22)14-4-2-3-9-19(14)10-12-5-7-13(17)8-6-12/h5-8,14H,2-4,9-11H2,1H3,(H,20,21). The first-order valence-corrected chi connectivity index (χ1v) is 7.42. The van der Waals surface area contributed by atoms with Crippen LogP contribution in [0.1, 0.15) is 24.8 Å². The van der Waals surface area contributed by atoms with Crippen molar-refractivity contribution in [2.45, 2.75) is 31.8 Å². The van der Waals surface area contributed by atoms with Gasteiger partial charge >= 0.3 is 5.97 Å². The van der Waals surface area contributed by atoms with Gasteiger partial charge in [0.15, 0.2) is 0 Å². The third-order valence-corrected chi connectivity index (χ3v) is 3.95. The van der Waals surface area contributed by atoms with Gasteiger partial charge in [0.05, 0.1) is 6.04 Å². The van der Waals surface area contributed by atoms with Crippen molar-refractivity contribution in [3.8, 4) is 0 Å². The largest absolute Gasteiger partial charge is 0.480 e. The van der Waals surface area contributed by atoms with Crippen molar-refractivity contribution in [1.82, 2.24) is 9.80 Å². The van der Waals surface area contributed by atoms with E-state index < -0.39 is 5.97 Å². The molecule has 1 N–H and O–H groups in total. The molecule has 1 heterocycles. The maximum Gasteiger partial charge on any atom is 0.323 e. The summed E-state index contributed by atoms with van der Waals surface area (Å²) >= 11 is 0. The highest BCUT2D eigenvalue weighted by atomic mass is 19.1. The Kier molecular flexibility index (Phi) is 5.49. The summed E-state index contributed by atoms with van der Waals surface area (Å²) in [4.78, 5) is 26.5. The molecule has 1 aliphatic rings. The molecule has 0 saturated carbocycles. The minimum absolute atomic E-state index is 0.163. The average molecular weight is 308 g/mol. The Morgan fingerprint density at radius 1 is 1.32 bits per heavy atom. The second kappa shape index (κ2) is 7.35. The number of hydrogen-bond donors (Lipinski definition) is 1. The number of halogens is 1. The maximum absolute atomic E-state index is 13.0. The molecule has 0 bridgehead atoms. The first-order chi connectivity index (χ1) is 10.5. The molecule has 5 nitrogen and oxygen atoms in total. The fourth-order valence-corrected chi connectivity index (χ4v) is 2.82. The number of carboxylic acid groups (broad SMARTS) is 1. The van der Waals surface area contributed by atoms with Crippen molar-refractivity contribution in [2.75, 3.05) is 20.1 Å². The molecule has 1 amide bonds. The number of carbonyl (C=O) groups excluding carboxylic acids is 1. The fourth-order valence-electron chi connectivity index (χ4n) is 2.82. The van der Waals surface area contributed by atoms with Gasteiger partial charge < -0.3 is 10.0 Å². The van der Waals surface area contributed by atoms with Gasteiger partial charge in [-0.15, -0.1) is 0 Å². The molecule has 0 radical (unpaired) electrons.